The van der Waals surface area contributed by atoms with Crippen molar-refractivity contribution in [2.45, 2.75) is 41.9 Å². The molecule has 0 atom stereocenters. The van der Waals surface area contributed by atoms with Gasteiger partial charge in [0, 0.05) is 13.1 Å². The van der Waals surface area contributed by atoms with Crippen LogP contribution in [0, 0.1) is 0 Å². The fraction of sp³-hybridized carbons (Fsp3) is 0.667. The minimum absolute atomic E-state index is 0.0312. The maximum Gasteiger partial charge on any atom is 0.410 e. The number of carboxylic acids is 1. The minimum atomic E-state index is -0.893. The van der Waals surface area contributed by atoms with E-state index in [1.807, 2.05) is 0 Å². The molecule has 1 aliphatic rings. The molecule has 0 aromatic carbocycles. The highest BCUT2D eigenvalue weighted by atomic mass is 32.2. The second-order valence-corrected chi connectivity index (χ2v) is 8.39. The first-order valence-electron chi connectivity index (χ1n) is 6.35. The number of aliphatic carboxylic acids is 1. The van der Waals surface area contributed by atoms with Gasteiger partial charge in [-0.25, -0.2) is 9.78 Å². The normalized spacial score (nSPS) is 17.2. The molecule has 1 aliphatic heterocycles. The molecule has 0 radical (unpaired) electrons. The van der Waals surface area contributed by atoms with E-state index in [1.54, 1.807) is 20.8 Å². The lowest BCUT2D eigenvalue weighted by atomic mass is 9.95. The third-order valence-corrected chi connectivity index (χ3v) is 4.78. The lowest BCUT2D eigenvalue weighted by Gasteiger charge is -2.48. The predicted octanol–water partition coefficient (Wildman–Crippen LogP) is 2.09. The molecule has 2 rings (SSSR count). The molecule has 0 bridgehead atoms. The molecule has 0 unspecified atom stereocenters. The van der Waals surface area contributed by atoms with Crippen molar-refractivity contribution >= 4 is 35.4 Å². The Hall–Kier alpha value is -1.35. The summed E-state index contributed by atoms with van der Waals surface area (Å²) in [6.07, 6.45) is 0.990. The smallest absolute Gasteiger partial charge is 0.410 e. The second kappa shape index (κ2) is 5.80. The van der Waals surface area contributed by atoms with E-state index in [2.05, 4.69) is 9.36 Å². The average molecular weight is 331 g/mol. The Labute approximate surface area is 130 Å². The van der Waals surface area contributed by atoms with E-state index in [-0.39, 0.29) is 6.42 Å². The molecule has 1 aromatic heterocycles. The lowest BCUT2D eigenvalue weighted by molar-refractivity contribution is -0.138. The zero-order valence-corrected chi connectivity index (χ0v) is 13.7. The van der Waals surface area contributed by atoms with E-state index in [1.165, 1.54) is 34.5 Å². The Morgan fingerprint density at radius 3 is 2.67 bits per heavy atom. The fourth-order valence-electron chi connectivity index (χ4n) is 1.99. The molecule has 2 heterocycles. The number of likely N-dealkylation sites (tertiary alicyclic amines) is 1. The van der Waals surface area contributed by atoms with Gasteiger partial charge in [0.25, 0.3) is 0 Å². The van der Waals surface area contributed by atoms with E-state index in [0.717, 1.165) is 0 Å². The number of hydrogen-bond acceptors (Lipinski definition) is 7. The Balaban J connectivity index is 1.99. The largest absolute Gasteiger partial charge is 0.481 e. The van der Waals surface area contributed by atoms with Gasteiger partial charge in [-0.3, -0.25) is 4.79 Å². The Kier molecular flexibility index (Phi) is 4.43. The van der Waals surface area contributed by atoms with Crippen LogP contribution < -0.4 is 0 Å². The number of carbonyl (C=O) groups excluding carboxylic acids is 1. The van der Waals surface area contributed by atoms with Gasteiger partial charge in [0.1, 0.15) is 11.9 Å². The number of thioether (sulfide) groups is 1. The Morgan fingerprint density at radius 2 is 2.19 bits per heavy atom. The molecular formula is C12H17N3O4S2. The van der Waals surface area contributed by atoms with Crippen molar-refractivity contribution in [1.29, 1.82) is 0 Å². The van der Waals surface area contributed by atoms with Gasteiger partial charge in [-0.1, -0.05) is 11.8 Å². The van der Waals surface area contributed by atoms with Crippen LogP contribution in [0.1, 0.15) is 27.2 Å². The molecule has 1 fully saturated rings. The fourth-order valence-corrected chi connectivity index (χ4v) is 4.18. The lowest BCUT2D eigenvalue weighted by Crippen LogP contribution is -2.62. The van der Waals surface area contributed by atoms with Crippen LogP contribution in [-0.4, -0.2) is 54.9 Å². The zero-order valence-electron chi connectivity index (χ0n) is 12.0. The van der Waals surface area contributed by atoms with Gasteiger partial charge in [0.05, 0.1) is 11.2 Å². The van der Waals surface area contributed by atoms with Crippen LogP contribution in [-0.2, 0) is 9.53 Å². The first kappa shape index (κ1) is 16.0. The van der Waals surface area contributed by atoms with E-state index in [9.17, 15) is 9.59 Å². The number of hydrogen-bond donors (Lipinski definition) is 1. The Bertz CT molecular complexity index is 521. The molecule has 1 aromatic rings. The van der Waals surface area contributed by atoms with Gasteiger partial charge < -0.3 is 14.7 Å². The van der Waals surface area contributed by atoms with Crippen LogP contribution in [0.2, 0.25) is 0 Å². The van der Waals surface area contributed by atoms with Crippen molar-refractivity contribution < 1.29 is 19.4 Å². The molecule has 1 amide bonds. The molecule has 1 saturated heterocycles. The van der Waals surface area contributed by atoms with Gasteiger partial charge in [-0.05, 0) is 32.3 Å². The van der Waals surface area contributed by atoms with Crippen molar-refractivity contribution in [3.8, 4) is 0 Å². The second-order valence-electron chi connectivity index (χ2n) is 5.90. The summed E-state index contributed by atoms with van der Waals surface area (Å²) in [4.78, 5) is 28.6. The van der Waals surface area contributed by atoms with Crippen LogP contribution in [0.25, 0.3) is 0 Å². The summed E-state index contributed by atoms with van der Waals surface area (Å²) >= 11 is 2.59. The number of carboxylic acid groups (broad SMARTS) is 1. The SMILES string of the molecule is CC(C)(C)OC(=O)N1CC(CC(=O)O)(Sc2ncns2)C1. The predicted molar refractivity (Wildman–Crippen MR) is 78.6 cm³/mol. The number of amides is 1. The van der Waals surface area contributed by atoms with E-state index >= 15 is 0 Å². The summed E-state index contributed by atoms with van der Waals surface area (Å²) in [6, 6.07) is 0. The van der Waals surface area contributed by atoms with Crippen molar-refractivity contribution in [1.82, 2.24) is 14.3 Å². The summed E-state index contributed by atoms with van der Waals surface area (Å²) in [7, 11) is 0. The molecule has 1 N–H and O–H groups in total. The first-order chi connectivity index (χ1) is 9.69. The maximum absolute atomic E-state index is 11.9. The zero-order chi connectivity index (χ0) is 15.7. The van der Waals surface area contributed by atoms with Gasteiger partial charge in [0.15, 0.2) is 4.34 Å². The third kappa shape index (κ3) is 4.31. The Morgan fingerprint density at radius 1 is 1.52 bits per heavy atom. The highest BCUT2D eigenvalue weighted by Crippen LogP contribution is 2.43. The number of ether oxygens (including phenoxy) is 1. The first-order valence-corrected chi connectivity index (χ1v) is 7.94. The van der Waals surface area contributed by atoms with Crippen molar-refractivity contribution in [2.75, 3.05) is 13.1 Å². The number of carbonyl (C=O) groups is 2. The molecule has 0 aliphatic carbocycles. The molecule has 9 heteroatoms. The summed E-state index contributed by atoms with van der Waals surface area (Å²) in [5.41, 5.74) is -0.561. The monoisotopic (exact) mass is 331 g/mol. The highest BCUT2D eigenvalue weighted by Gasteiger charge is 2.49. The van der Waals surface area contributed by atoms with Crippen molar-refractivity contribution in [3.63, 3.8) is 0 Å². The van der Waals surface area contributed by atoms with E-state index in [0.29, 0.717) is 17.4 Å². The van der Waals surface area contributed by atoms with Gasteiger partial charge in [-0.2, -0.15) is 4.37 Å². The van der Waals surface area contributed by atoms with Gasteiger partial charge in [0.2, 0.25) is 0 Å². The van der Waals surface area contributed by atoms with Crippen LogP contribution in [0.4, 0.5) is 4.79 Å². The molecule has 0 saturated carbocycles. The number of rotatable bonds is 4. The number of aromatic nitrogens is 2. The van der Waals surface area contributed by atoms with Crippen molar-refractivity contribution in [2.24, 2.45) is 0 Å². The molecule has 7 nitrogen and oxygen atoms in total. The van der Waals surface area contributed by atoms with Crippen LogP contribution in [0.5, 0.6) is 0 Å². The summed E-state index contributed by atoms with van der Waals surface area (Å²) in [5.74, 6) is -0.893. The maximum atomic E-state index is 11.9. The number of nitrogens with zero attached hydrogens (tertiary/aromatic N) is 3. The van der Waals surface area contributed by atoms with Gasteiger partial charge >= 0.3 is 12.1 Å². The topological polar surface area (TPSA) is 92.6 Å². The van der Waals surface area contributed by atoms with Crippen molar-refractivity contribution in [3.05, 3.63) is 6.33 Å². The molecule has 116 valence electrons. The van der Waals surface area contributed by atoms with Crippen LogP contribution in [0.15, 0.2) is 10.7 Å². The minimum Gasteiger partial charge on any atom is -0.481 e. The third-order valence-electron chi connectivity index (χ3n) is 2.73. The van der Waals surface area contributed by atoms with E-state index in [4.69, 9.17) is 9.84 Å². The van der Waals surface area contributed by atoms with E-state index < -0.39 is 22.4 Å². The average Bonchev–Trinajstić information content (AvgIpc) is 2.74. The van der Waals surface area contributed by atoms with Crippen LogP contribution >= 0.6 is 23.3 Å². The molecular weight excluding hydrogens is 314 g/mol. The highest BCUT2D eigenvalue weighted by molar-refractivity contribution is 8.02. The summed E-state index contributed by atoms with van der Waals surface area (Å²) < 4.78 is 9.34. The quantitative estimate of drug-likeness (QED) is 0.903. The molecule has 0 spiro atoms. The van der Waals surface area contributed by atoms with Crippen LogP contribution in [0.3, 0.4) is 0 Å². The standard InChI is InChI=1S/C12H17N3O4S2/c1-11(2,3)19-10(18)15-5-12(6-15,4-8(16)17)20-9-13-7-14-21-9/h7H,4-6H2,1-3H3,(H,16,17). The molecule has 21 heavy (non-hydrogen) atoms. The summed E-state index contributed by atoms with van der Waals surface area (Å²) in [6.45, 7) is 6.05. The summed E-state index contributed by atoms with van der Waals surface area (Å²) in [5, 5.41) is 9.07. The van der Waals surface area contributed by atoms with Gasteiger partial charge in [-0.15, -0.1) is 0 Å².